The van der Waals surface area contributed by atoms with E-state index in [-0.39, 0.29) is 16.7 Å². The molecule has 0 aliphatic heterocycles. The smallest absolute Gasteiger partial charge is 0.315 e. The molecule has 0 heterocycles. The molecule has 0 aliphatic rings. The standard InChI is InChI=1S/C15H26N4O2/c1-6-16-12-8-7-9-13(15(12)19(20)21)17-14(11(2)3)10-18(4)5/h7-9,11,14,16-17H,6,10H2,1-5H3. The van der Waals surface area contributed by atoms with E-state index in [4.69, 9.17) is 0 Å². The number of anilines is 2. The van der Waals surface area contributed by atoms with Gasteiger partial charge in [-0.05, 0) is 39.1 Å². The Morgan fingerprint density at radius 2 is 1.90 bits per heavy atom. The number of nitro benzene ring substituents is 1. The van der Waals surface area contributed by atoms with Gasteiger partial charge in [0, 0.05) is 19.1 Å². The second kappa shape index (κ2) is 7.83. The van der Waals surface area contributed by atoms with Gasteiger partial charge < -0.3 is 15.5 Å². The fourth-order valence-electron chi connectivity index (χ4n) is 2.21. The molecule has 1 atom stereocenters. The Kier molecular flexibility index (Phi) is 6.42. The van der Waals surface area contributed by atoms with Crippen LogP contribution in [-0.2, 0) is 0 Å². The average Bonchev–Trinajstić information content (AvgIpc) is 2.37. The normalized spacial score (nSPS) is 12.5. The fraction of sp³-hybridized carbons (Fsp3) is 0.600. The van der Waals surface area contributed by atoms with Crippen LogP contribution in [0.5, 0.6) is 0 Å². The summed E-state index contributed by atoms with van der Waals surface area (Å²) in [6.07, 6.45) is 0. The minimum absolute atomic E-state index is 0.115. The van der Waals surface area contributed by atoms with Crippen LogP contribution in [0.1, 0.15) is 20.8 Å². The molecule has 21 heavy (non-hydrogen) atoms. The Morgan fingerprint density at radius 1 is 1.29 bits per heavy atom. The summed E-state index contributed by atoms with van der Waals surface area (Å²) in [6, 6.07) is 5.49. The van der Waals surface area contributed by atoms with Crippen molar-refractivity contribution in [3.8, 4) is 0 Å². The van der Waals surface area contributed by atoms with E-state index in [1.807, 2.05) is 27.1 Å². The maximum Gasteiger partial charge on any atom is 0.315 e. The lowest BCUT2D eigenvalue weighted by Gasteiger charge is -2.26. The van der Waals surface area contributed by atoms with E-state index in [1.165, 1.54) is 0 Å². The van der Waals surface area contributed by atoms with Gasteiger partial charge in [0.2, 0.25) is 0 Å². The van der Waals surface area contributed by atoms with Gasteiger partial charge in [-0.15, -0.1) is 0 Å². The average molecular weight is 294 g/mol. The van der Waals surface area contributed by atoms with Crippen molar-refractivity contribution in [3.63, 3.8) is 0 Å². The number of nitrogens with one attached hydrogen (secondary N) is 2. The minimum Gasteiger partial charge on any atom is -0.380 e. The Morgan fingerprint density at radius 3 is 2.38 bits per heavy atom. The minimum atomic E-state index is -0.326. The van der Waals surface area contributed by atoms with Crippen LogP contribution in [0.15, 0.2) is 18.2 Å². The maximum atomic E-state index is 11.4. The lowest BCUT2D eigenvalue weighted by Crippen LogP contribution is -2.36. The van der Waals surface area contributed by atoms with Gasteiger partial charge in [-0.3, -0.25) is 10.1 Å². The van der Waals surface area contributed by atoms with Crippen LogP contribution < -0.4 is 10.6 Å². The summed E-state index contributed by atoms with van der Waals surface area (Å²) in [6.45, 7) is 7.62. The lowest BCUT2D eigenvalue weighted by atomic mass is 10.0. The molecule has 0 saturated heterocycles. The van der Waals surface area contributed by atoms with Crippen molar-refractivity contribution in [1.82, 2.24) is 4.90 Å². The summed E-state index contributed by atoms with van der Waals surface area (Å²) in [5, 5.41) is 17.8. The van der Waals surface area contributed by atoms with Crippen LogP contribution in [0.4, 0.5) is 17.1 Å². The highest BCUT2D eigenvalue weighted by Gasteiger charge is 2.23. The molecule has 2 N–H and O–H groups in total. The fourth-order valence-corrected chi connectivity index (χ4v) is 2.21. The molecule has 6 heteroatoms. The lowest BCUT2D eigenvalue weighted by molar-refractivity contribution is -0.383. The largest absolute Gasteiger partial charge is 0.380 e. The Bertz CT molecular complexity index is 475. The summed E-state index contributed by atoms with van der Waals surface area (Å²) < 4.78 is 0. The van der Waals surface area contributed by atoms with Crippen LogP contribution in [0, 0.1) is 16.0 Å². The molecule has 0 radical (unpaired) electrons. The number of benzene rings is 1. The first-order valence-electron chi connectivity index (χ1n) is 7.29. The number of likely N-dealkylation sites (N-methyl/N-ethyl adjacent to an activating group) is 1. The van der Waals surface area contributed by atoms with Crippen molar-refractivity contribution in [2.24, 2.45) is 5.92 Å². The maximum absolute atomic E-state index is 11.4. The first-order valence-corrected chi connectivity index (χ1v) is 7.29. The van der Waals surface area contributed by atoms with Gasteiger partial charge in [-0.25, -0.2) is 0 Å². The third-order valence-corrected chi connectivity index (χ3v) is 3.29. The molecule has 1 aromatic carbocycles. The number of para-hydroxylation sites is 1. The van der Waals surface area contributed by atoms with Crippen LogP contribution >= 0.6 is 0 Å². The molecule has 1 unspecified atom stereocenters. The van der Waals surface area contributed by atoms with Crippen molar-refractivity contribution in [2.45, 2.75) is 26.8 Å². The van der Waals surface area contributed by atoms with E-state index in [9.17, 15) is 10.1 Å². The number of hydrogen-bond acceptors (Lipinski definition) is 5. The highest BCUT2D eigenvalue weighted by molar-refractivity contribution is 5.76. The van der Waals surface area contributed by atoms with Gasteiger partial charge in [-0.2, -0.15) is 0 Å². The summed E-state index contributed by atoms with van der Waals surface area (Å²) in [5.41, 5.74) is 1.24. The first kappa shape index (κ1) is 17.2. The van der Waals surface area contributed by atoms with Crippen molar-refractivity contribution in [2.75, 3.05) is 37.8 Å². The molecule has 0 aliphatic carbocycles. The van der Waals surface area contributed by atoms with Crippen molar-refractivity contribution in [1.29, 1.82) is 0 Å². The molecule has 118 valence electrons. The topological polar surface area (TPSA) is 70.4 Å². The molecule has 1 aromatic rings. The van der Waals surface area contributed by atoms with Gasteiger partial charge in [0.15, 0.2) is 0 Å². The molecule has 6 nitrogen and oxygen atoms in total. The Labute approximate surface area is 126 Å². The third-order valence-electron chi connectivity index (χ3n) is 3.29. The molecule has 0 saturated carbocycles. The zero-order valence-electron chi connectivity index (χ0n) is 13.5. The molecule has 0 spiro atoms. The van der Waals surface area contributed by atoms with Crippen LogP contribution in [-0.4, -0.2) is 43.0 Å². The molecular formula is C15H26N4O2. The summed E-state index contributed by atoms with van der Waals surface area (Å²) in [5.74, 6) is 0.370. The van der Waals surface area contributed by atoms with Gasteiger partial charge in [0.05, 0.1) is 4.92 Å². The summed E-state index contributed by atoms with van der Waals surface area (Å²) in [7, 11) is 4.00. The zero-order chi connectivity index (χ0) is 16.0. The van der Waals surface area contributed by atoms with E-state index in [0.717, 1.165) is 6.54 Å². The van der Waals surface area contributed by atoms with E-state index >= 15 is 0 Å². The molecule has 0 bridgehead atoms. The molecule has 0 aromatic heterocycles. The van der Waals surface area contributed by atoms with Gasteiger partial charge in [0.1, 0.15) is 11.4 Å². The highest BCUT2D eigenvalue weighted by Crippen LogP contribution is 2.33. The predicted molar refractivity (Wildman–Crippen MR) is 88.1 cm³/mol. The SMILES string of the molecule is CCNc1cccc(NC(CN(C)C)C(C)C)c1[N+](=O)[O-]. The number of nitro groups is 1. The van der Waals surface area contributed by atoms with Gasteiger partial charge in [0.25, 0.3) is 0 Å². The van der Waals surface area contributed by atoms with E-state index < -0.39 is 0 Å². The predicted octanol–water partition coefficient (Wildman–Crippen LogP) is 3.02. The Balaban J connectivity index is 3.10. The van der Waals surface area contributed by atoms with E-state index in [2.05, 4.69) is 29.4 Å². The van der Waals surface area contributed by atoms with Crippen LogP contribution in [0.2, 0.25) is 0 Å². The van der Waals surface area contributed by atoms with E-state index in [1.54, 1.807) is 12.1 Å². The number of nitrogens with zero attached hydrogens (tertiary/aromatic N) is 2. The highest BCUT2D eigenvalue weighted by atomic mass is 16.6. The zero-order valence-corrected chi connectivity index (χ0v) is 13.5. The van der Waals surface area contributed by atoms with Gasteiger partial charge in [-0.1, -0.05) is 19.9 Å². The second-order valence-electron chi connectivity index (χ2n) is 5.75. The monoisotopic (exact) mass is 294 g/mol. The summed E-state index contributed by atoms with van der Waals surface area (Å²) in [4.78, 5) is 13.2. The third kappa shape index (κ3) is 4.90. The number of hydrogen-bond donors (Lipinski definition) is 2. The van der Waals surface area contributed by atoms with Crippen molar-refractivity contribution in [3.05, 3.63) is 28.3 Å². The van der Waals surface area contributed by atoms with Crippen LogP contribution in [0.25, 0.3) is 0 Å². The first-order chi connectivity index (χ1) is 9.86. The molecular weight excluding hydrogens is 268 g/mol. The summed E-state index contributed by atoms with van der Waals surface area (Å²) >= 11 is 0. The van der Waals surface area contributed by atoms with Gasteiger partial charge >= 0.3 is 5.69 Å². The Hall–Kier alpha value is -1.82. The van der Waals surface area contributed by atoms with Crippen molar-refractivity contribution < 1.29 is 4.92 Å². The van der Waals surface area contributed by atoms with E-state index in [0.29, 0.717) is 23.8 Å². The van der Waals surface area contributed by atoms with Crippen LogP contribution in [0.3, 0.4) is 0 Å². The molecule has 0 amide bonds. The molecule has 1 rings (SSSR count). The second-order valence-corrected chi connectivity index (χ2v) is 5.75. The molecule has 0 fully saturated rings. The number of rotatable bonds is 8. The van der Waals surface area contributed by atoms with Crippen molar-refractivity contribution >= 4 is 17.1 Å². The quantitative estimate of drug-likeness (QED) is 0.569.